The Morgan fingerprint density at radius 2 is 1.57 bits per heavy atom. The summed E-state index contributed by atoms with van der Waals surface area (Å²) in [7, 11) is 0. The number of benzene rings is 2. The summed E-state index contributed by atoms with van der Waals surface area (Å²) in [4.78, 5) is 38.0. The molecule has 0 aliphatic carbocycles. The predicted octanol–water partition coefficient (Wildman–Crippen LogP) is 3.00. The Balaban J connectivity index is 1.17. The molecule has 10 heteroatoms. The molecule has 0 saturated carbocycles. The third kappa shape index (κ3) is 7.09. The van der Waals surface area contributed by atoms with E-state index < -0.39 is 0 Å². The summed E-state index contributed by atoms with van der Waals surface area (Å²) in [6.07, 6.45) is 1.39. The van der Waals surface area contributed by atoms with Gasteiger partial charge in [0, 0.05) is 55.8 Å². The number of piperidine rings is 1. The molecule has 1 aliphatic heterocycles. The summed E-state index contributed by atoms with van der Waals surface area (Å²) in [5, 5.41) is 16.9. The van der Waals surface area contributed by atoms with Crippen LogP contribution in [0.2, 0.25) is 0 Å². The Morgan fingerprint density at radius 3 is 2.19 bits per heavy atom. The van der Waals surface area contributed by atoms with Crippen LogP contribution in [-0.2, 0) is 9.59 Å². The highest BCUT2D eigenvalue weighted by atomic mass is 19.1. The second-order valence-corrected chi connectivity index (χ2v) is 8.85. The van der Waals surface area contributed by atoms with Crippen molar-refractivity contribution in [2.75, 3.05) is 36.4 Å². The van der Waals surface area contributed by atoms with Gasteiger partial charge in [-0.15, -0.1) is 10.2 Å². The molecule has 3 amide bonds. The Kier molecular flexibility index (Phi) is 8.40. The number of halogens is 1. The van der Waals surface area contributed by atoms with Crippen LogP contribution in [0.15, 0.2) is 60.7 Å². The van der Waals surface area contributed by atoms with Gasteiger partial charge in [0.25, 0.3) is 5.91 Å². The second kappa shape index (κ2) is 12.1. The monoisotopic (exact) mass is 504 g/mol. The van der Waals surface area contributed by atoms with Crippen molar-refractivity contribution in [3.63, 3.8) is 0 Å². The quantitative estimate of drug-likeness (QED) is 0.406. The summed E-state index contributed by atoms with van der Waals surface area (Å²) in [6.45, 7) is 3.45. The van der Waals surface area contributed by atoms with E-state index >= 15 is 0 Å². The molecule has 3 N–H and O–H groups in total. The SMILES string of the molecule is CC(=O)Nc1ccc(C(=O)NCCNC(=O)C2CCN(c3ccc(-c4ccc(F)cc4)nn3)CC2)cc1. The van der Waals surface area contributed by atoms with Gasteiger partial charge in [0.2, 0.25) is 11.8 Å². The zero-order valence-corrected chi connectivity index (χ0v) is 20.5. The summed E-state index contributed by atoms with van der Waals surface area (Å²) in [5.74, 6) is -0.0899. The van der Waals surface area contributed by atoms with Crippen LogP contribution in [0, 0.1) is 11.7 Å². The molecule has 1 aliphatic rings. The van der Waals surface area contributed by atoms with E-state index in [1.165, 1.54) is 19.1 Å². The second-order valence-electron chi connectivity index (χ2n) is 8.85. The lowest BCUT2D eigenvalue weighted by Crippen LogP contribution is -2.42. The molecule has 2 heterocycles. The van der Waals surface area contributed by atoms with Crippen molar-refractivity contribution in [2.45, 2.75) is 19.8 Å². The predicted molar refractivity (Wildman–Crippen MR) is 138 cm³/mol. The van der Waals surface area contributed by atoms with Crippen LogP contribution in [0.1, 0.15) is 30.1 Å². The smallest absolute Gasteiger partial charge is 0.251 e. The molecule has 2 aromatic carbocycles. The Hall–Kier alpha value is -4.34. The molecule has 0 unspecified atom stereocenters. The van der Waals surface area contributed by atoms with Crippen LogP contribution in [0.25, 0.3) is 11.3 Å². The van der Waals surface area contributed by atoms with Gasteiger partial charge in [-0.2, -0.15) is 0 Å². The van der Waals surface area contributed by atoms with Gasteiger partial charge in [0.05, 0.1) is 5.69 Å². The van der Waals surface area contributed by atoms with E-state index in [0.29, 0.717) is 56.0 Å². The molecule has 4 rings (SSSR count). The molecule has 9 nitrogen and oxygen atoms in total. The first-order valence-corrected chi connectivity index (χ1v) is 12.2. The minimum Gasteiger partial charge on any atom is -0.355 e. The van der Waals surface area contributed by atoms with Crippen molar-refractivity contribution in [1.82, 2.24) is 20.8 Å². The Labute approximate surface area is 214 Å². The fourth-order valence-electron chi connectivity index (χ4n) is 4.16. The topological polar surface area (TPSA) is 116 Å². The number of carbonyl (C=O) groups excluding carboxylic acids is 3. The lowest BCUT2D eigenvalue weighted by molar-refractivity contribution is -0.125. The molecule has 37 heavy (non-hydrogen) atoms. The molecule has 3 aromatic rings. The Bertz CT molecular complexity index is 1220. The van der Waals surface area contributed by atoms with E-state index in [2.05, 4.69) is 31.0 Å². The fourth-order valence-corrected chi connectivity index (χ4v) is 4.16. The highest BCUT2D eigenvalue weighted by Crippen LogP contribution is 2.23. The van der Waals surface area contributed by atoms with Gasteiger partial charge < -0.3 is 20.9 Å². The summed E-state index contributed by atoms with van der Waals surface area (Å²) in [5.41, 5.74) is 2.57. The summed E-state index contributed by atoms with van der Waals surface area (Å²) >= 11 is 0. The molecule has 192 valence electrons. The van der Waals surface area contributed by atoms with Gasteiger partial charge in [-0.1, -0.05) is 0 Å². The molecule has 0 spiro atoms. The first-order chi connectivity index (χ1) is 17.9. The van der Waals surface area contributed by atoms with E-state index in [0.717, 1.165) is 11.4 Å². The van der Waals surface area contributed by atoms with Gasteiger partial charge in [-0.25, -0.2) is 4.39 Å². The first kappa shape index (κ1) is 25.7. The molecule has 1 fully saturated rings. The number of nitrogens with zero attached hydrogens (tertiary/aromatic N) is 3. The van der Waals surface area contributed by atoms with Gasteiger partial charge in [-0.05, 0) is 73.5 Å². The number of carbonyl (C=O) groups is 3. The van der Waals surface area contributed by atoms with E-state index in [-0.39, 0.29) is 29.5 Å². The van der Waals surface area contributed by atoms with E-state index in [4.69, 9.17) is 0 Å². The maximum absolute atomic E-state index is 13.1. The zero-order chi connectivity index (χ0) is 26.2. The number of anilines is 2. The lowest BCUT2D eigenvalue weighted by Gasteiger charge is -2.31. The maximum Gasteiger partial charge on any atom is 0.251 e. The standard InChI is InChI=1S/C27H29FN6O3/c1-18(35)31-23-8-4-20(5-9-23)26(36)29-14-15-30-27(37)21-12-16-34(17-13-21)25-11-10-24(32-33-25)19-2-6-22(28)7-3-19/h2-11,21H,12-17H2,1H3,(H,29,36)(H,30,37)(H,31,35). The Morgan fingerprint density at radius 1 is 0.892 bits per heavy atom. The first-order valence-electron chi connectivity index (χ1n) is 12.2. The minimum absolute atomic E-state index is 0.0219. The molecule has 0 radical (unpaired) electrons. The third-order valence-electron chi connectivity index (χ3n) is 6.16. The average Bonchev–Trinajstić information content (AvgIpc) is 2.91. The molecule has 0 bridgehead atoms. The average molecular weight is 505 g/mol. The van der Waals surface area contributed by atoms with Gasteiger partial charge >= 0.3 is 0 Å². The van der Waals surface area contributed by atoms with Crippen LogP contribution >= 0.6 is 0 Å². The van der Waals surface area contributed by atoms with Crippen molar-refractivity contribution < 1.29 is 18.8 Å². The number of hydrogen-bond acceptors (Lipinski definition) is 6. The van der Waals surface area contributed by atoms with Crippen molar-refractivity contribution in [3.8, 4) is 11.3 Å². The van der Waals surface area contributed by atoms with E-state index in [1.807, 2.05) is 12.1 Å². The van der Waals surface area contributed by atoms with E-state index in [1.54, 1.807) is 36.4 Å². The molecule has 1 saturated heterocycles. The lowest BCUT2D eigenvalue weighted by atomic mass is 9.96. The summed E-state index contributed by atoms with van der Waals surface area (Å²) < 4.78 is 13.1. The highest BCUT2D eigenvalue weighted by molar-refractivity contribution is 5.95. The van der Waals surface area contributed by atoms with Gasteiger partial charge in [0.15, 0.2) is 5.82 Å². The fraction of sp³-hybridized carbons (Fsp3) is 0.296. The third-order valence-corrected chi connectivity index (χ3v) is 6.16. The van der Waals surface area contributed by atoms with Crippen LogP contribution in [0.5, 0.6) is 0 Å². The van der Waals surface area contributed by atoms with Crippen LogP contribution in [0.3, 0.4) is 0 Å². The zero-order valence-electron chi connectivity index (χ0n) is 20.5. The van der Waals surface area contributed by atoms with Crippen molar-refractivity contribution in [2.24, 2.45) is 5.92 Å². The number of hydrogen-bond donors (Lipinski definition) is 3. The minimum atomic E-state index is -0.295. The maximum atomic E-state index is 13.1. The van der Waals surface area contributed by atoms with Crippen LogP contribution in [0.4, 0.5) is 15.9 Å². The molecule has 1 aromatic heterocycles. The number of amides is 3. The normalized spacial score (nSPS) is 13.6. The van der Waals surface area contributed by atoms with Crippen LogP contribution in [-0.4, -0.2) is 54.1 Å². The molecule has 0 atom stereocenters. The van der Waals surface area contributed by atoms with Crippen molar-refractivity contribution in [1.29, 1.82) is 0 Å². The molecular weight excluding hydrogens is 475 g/mol. The number of aromatic nitrogens is 2. The number of rotatable bonds is 8. The molecular formula is C27H29FN6O3. The van der Waals surface area contributed by atoms with Crippen molar-refractivity contribution >= 4 is 29.2 Å². The highest BCUT2D eigenvalue weighted by Gasteiger charge is 2.25. The van der Waals surface area contributed by atoms with Crippen molar-refractivity contribution in [3.05, 3.63) is 72.0 Å². The van der Waals surface area contributed by atoms with Gasteiger partial charge in [-0.3, -0.25) is 14.4 Å². The summed E-state index contributed by atoms with van der Waals surface area (Å²) in [6, 6.07) is 16.5. The number of nitrogens with one attached hydrogen (secondary N) is 3. The van der Waals surface area contributed by atoms with Gasteiger partial charge in [0.1, 0.15) is 5.82 Å². The van der Waals surface area contributed by atoms with E-state index in [9.17, 15) is 18.8 Å². The van der Waals surface area contributed by atoms with Crippen LogP contribution < -0.4 is 20.9 Å². The largest absolute Gasteiger partial charge is 0.355 e.